The van der Waals surface area contributed by atoms with Crippen LogP contribution in [0.15, 0.2) is 16.7 Å². The van der Waals surface area contributed by atoms with Crippen molar-refractivity contribution in [3.05, 3.63) is 28.0 Å². The van der Waals surface area contributed by atoms with Gasteiger partial charge in [-0.3, -0.25) is 4.98 Å². The molecule has 0 aliphatic rings. The summed E-state index contributed by atoms with van der Waals surface area (Å²) in [5.41, 5.74) is -0.730. The second kappa shape index (κ2) is 3.35. The number of nitrogens with zero attached hydrogens (tertiary/aromatic N) is 1. The van der Waals surface area contributed by atoms with E-state index in [1.165, 1.54) is 0 Å². The van der Waals surface area contributed by atoms with Gasteiger partial charge in [-0.25, -0.2) is 0 Å². The van der Waals surface area contributed by atoms with Gasteiger partial charge >= 0.3 is 0 Å². The van der Waals surface area contributed by atoms with Crippen molar-refractivity contribution in [1.82, 2.24) is 4.98 Å². The van der Waals surface area contributed by atoms with Crippen molar-refractivity contribution < 1.29 is 13.7 Å². The standard InChI is InChI=1S/C9H12BrN/c1-6(2)8-4-9(10)7(3)11-5-8/h4-6H,1-3H3/i1D3,2D3,3D3,6D. The van der Waals surface area contributed by atoms with Gasteiger partial charge in [-0.05, 0) is 40.3 Å². The van der Waals surface area contributed by atoms with Crippen LogP contribution in [0.5, 0.6) is 0 Å². The van der Waals surface area contributed by atoms with Gasteiger partial charge in [0.25, 0.3) is 0 Å². The van der Waals surface area contributed by atoms with Crippen molar-refractivity contribution in [2.45, 2.75) is 26.4 Å². The predicted molar refractivity (Wildman–Crippen MR) is 50.8 cm³/mol. The van der Waals surface area contributed by atoms with Gasteiger partial charge in [0.1, 0.15) is 0 Å². The Morgan fingerprint density at radius 2 is 2.55 bits per heavy atom. The van der Waals surface area contributed by atoms with Crippen molar-refractivity contribution in [3.8, 4) is 0 Å². The number of halogens is 1. The molecule has 0 N–H and O–H groups in total. The number of aryl methyl sites for hydroxylation is 1. The highest BCUT2D eigenvalue weighted by Crippen LogP contribution is 2.20. The molecule has 1 aromatic rings. The summed E-state index contributed by atoms with van der Waals surface area (Å²) in [5.74, 6) is -2.90. The SMILES string of the molecule is [2H]C([2H])([2H])c1ncc(C([2H])(C([2H])([2H])[2H])C([2H])([2H])[2H])cc1Br. The first-order chi connectivity index (χ1) is 9.12. The monoisotopic (exact) mass is 223 g/mol. The second-order valence-electron chi connectivity index (χ2n) is 1.93. The van der Waals surface area contributed by atoms with Gasteiger partial charge in [0.2, 0.25) is 0 Å². The lowest BCUT2D eigenvalue weighted by atomic mass is 10.1. The summed E-state index contributed by atoms with van der Waals surface area (Å²) in [7, 11) is 0. The molecule has 0 unspecified atom stereocenters. The Bertz CT molecular complexity index is 515. The fourth-order valence-corrected chi connectivity index (χ4v) is 0.924. The molecule has 2 heteroatoms. The van der Waals surface area contributed by atoms with Crippen LogP contribution in [0.1, 0.15) is 44.6 Å². The van der Waals surface area contributed by atoms with Crippen molar-refractivity contribution >= 4 is 15.9 Å². The van der Waals surface area contributed by atoms with Crippen molar-refractivity contribution in [1.29, 1.82) is 0 Å². The Labute approximate surface area is 90.0 Å². The van der Waals surface area contributed by atoms with Crippen LogP contribution in [0, 0.1) is 6.85 Å². The maximum atomic E-state index is 7.96. The van der Waals surface area contributed by atoms with Crippen molar-refractivity contribution in [3.63, 3.8) is 0 Å². The van der Waals surface area contributed by atoms with Gasteiger partial charge < -0.3 is 0 Å². The van der Waals surface area contributed by atoms with E-state index in [1.807, 2.05) is 0 Å². The van der Waals surface area contributed by atoms with Crippen LogP contribution in [-0.2, 0) is 0 Å². The molecule has 1 nitrogen and oxygen atoms in total. The molecule has 0 aliphatic carbocycles. The van der Waals surface area contributed by atoms with E-state index in [1.54, 1.807) is 0 Å². The zero-order chi connectivity index (χ0) is 16.9. The van der Waals surface area contributed by atoms with Gasteiger partial charge in [0.05, 0.1) is 5.69 Å². The van der Waals surface area contributed by atoms with E-state index in [-0.39, 0.29) is 10.2 Å². The maximum Gasteiger partial charge on any atom is 0.0514 e. The van der Waals surface area contributed by atoms with Crippen LogP contribution in [0.3, 0.4) is 0 Å². The maximum absolute atomic E-state index is 7.96. The molecule has 0 saturated heterocycles. The average Bonchev–Trinajstić information content (AvgIpc) is 2.22. The first-order valence-corrected chi connectivity index (χ1v) is 3.58. The number of pyridine rings is 1. The molecular weight excluding hydrogens is 202 g/mol. The predicted octanol–water partition coefficient (Wildman–Crippen LogP) is 3.28. The Balaban J connectivity index is 3.54. The van der Waals surface area contributed by atoms with Gasteiger partial charge in [-0.1, -0.05) is 13.7 Å². The van der Waals surface area contributed by atoms with Crippen LogP contribution >= 0.6 is 15.9 Å². The molecule has 11 heavy (non-hydrogen) atoms. The van der Waals surface area contributed by atoms with E-state index in [9.17, 15) is 0 Å². The minimum Gasteiger partial charge on any atom is -0.260 e. The summed E-state index contributed by atoms with van der Waals surface area (Å²) in [4.78, 5) is 3.61. The third kappa shape index (κ3) is 2.03. The molecule has 60 valence electrons. The van der Waals surface area contributed by atoms with Crippen LogP contribution < -0.4 is 0 Å². The quantitative estimate of drug-likeness (QED) is 0.713. The zero-order valence-corrected chi connectivity index (χ0v) is 7.07. The van der Waals surface area contributed by atoms with Gasteiger partial charge in [0, 0.05) is 24.4 Å². The fraction of sp³-hybridized carbons (Fsp3) is 0.444. The fourth-order valence-electron chi connectivity index (χ4n) is 0.575. The number of aromatic nitrogens is 1. The molecule has 0 aliphatic heterocycles. The van der Waals surface area contributed by atoms with E-state index in [2.05, 4.69) is 20.9 Å². The number of hydrogen-bond acceptors (Lipinski definition) is 1. The third-order valence-electron chi connectivity index (χ3n) is 1.13. The molecule has 0 fully saturated rings. The Hall–Kier alpha value is -0.370. The van der Waals surface area contributed by atoms with Crippen LogP contribution in [-0.4, -0.2) is 4.98 Å². The summed E-state index contributed by atoms with van der Waals surface area (Å²) in [6, 6.07) is 1.01. The molecular formula is C9H12BrN. The largest absolute Gasteiger partial charge is 0.260 e. The molecule has 0 saturated carbocycles. The lowest BCUT2D eigenvalue weighted by Gasteiger charge is -2.05. The highest BCUT2D eigenvalue weighted by atomic mass is 79.9. The summed E-state index contributed by atoms with van der Waals surface area (Å²) in [6.45, 7) is -8.82. The average molecular weight is 224 g/mol. The molecule has 1 rings (SSSR count). The van der Waals surface area contributed by atoms with Crippen molar-refractivity contribution in [2.75, 3.05) is 0 Å². The topological polar surface area (TPSA) is 12.9 Å². The van der Waals surface area contributed by atoms with E-state index >= 15 is 0 Å². The van der Waals surface area contributed by atoms with Crippen molar-refractivity contribution in [2.24, 2.45) is 0 Å². The lowest BCUT2D eigenvalue weighted by Crippen LogP contribution is -1.91. The highest BCUT2D eigenvalue weighted by molar-refractivity contribution is 9.10. The Morgan fingerprint density at radius 1 is 1.73 bits per heavy atom. The molecule has 0 spiro atoms. The minimum atomic E-state index is -3.14. The first kappa shape index (κ1) is 2.32. The second-order valence-corrected chi connectivity index (χ2v) is 2.78. The summed E-state index contributed by atoms with van der Waals surface area (Å²) in [5, 5.41) is 0. The zero-order valence-electron chi connectivity index (χ0n) is 15.5. The third-order valence-corrected chi connectivity index (χ3v) is 1.73. The van der Waals surface area contributed by atoms with Crippen LogP contribution in [0.25, 0.3) is 0 Å². The minimum absolute atomic E-state index is 0.0647. The molecule has 0 amide bonds. The summed E-state index contributed by atoms with van der Waals surface area (Å²) in [6.07, 6.45) is 0.818. The van der Waals surface area contributed by atoms with Gasteiger partial charge in [-0.2, -0.15) is 0 Å². The Morgan fingerprint density at radius 3 is 3.09 bits per heavy atom. The highest BCUT2D eigenvalue weighted by Gasteiger charge is 2.01. The molecule has 0 radical (unpaired) electrons. The normalized spacial score (nSPS) is 28.5. The number of rotatable bonds is 1. The molecule has 1 aromatic heterocycles. The molecule has 0 aromatic carbocycles. The molecule has 1 heterocycles. The first-order valence-electron chi connectivity index (χ1n) is 7.79. The molecule has 0 atom stereocenters. The van der Waals surface area contributed by atoms with E-state index in [0.29, 0.717) is 0 Å². The van der Waals surface area contributed by atoms with Crippen LogP contribution in [0.2, 0.25) is 0 Å². The van der Waals surface area contributed by atoms with Crippen LogP contribution in [0.4, 0.5) is 0 Å². The summed E-state index contributed by atoms with van der Waals surface area (Å²) < 4.78 is 73.8. The smallest absolute Gasteiger partial charge is 0.0514 e. The Kier molecular flexibility index (Phi) is 0.706. The number of hydrogen-bond donors (Lipinski definition) is 0. The van der Waals surface area contributed by atoms with E-state index < -0.39 is 32.0 Å². The van der Waals surface area contributed by atoms with Gasteiger partial charge in [0.15, 0.2) is 0 Å². The van der Waals surface area contributed by atoms with E-state index in [4.69, 9.17) is 13.7 Å². The molecule has 0 bridgehead atoms. The lowest BCUT2D eigenvalue weighted by molar-refractivity contribution is 0.853. The van der Waals surface area contributed by atoms with Gasteiger partial charge in [-0.15, -0.1) is 0 Å². The summed E-state index contributed by atoms with van der Waals surface area (Å²) >= 11 is 2.94. The van der Waals surface area contributed by atoms with E-state index in [0.717, 1.165) is 12.3 Å².